The summed E-state index contributed by atoms with van der Waals surface area (Å²) < 4.78 is 0. The summed E-state index contributed by atoms with van der Waals surface area (Å²) in [6.07, 6.45) is 2.06. The summed E-state index contributed by atoms with van der Waals surface area (Å²) in [4.78, 5) is 14.5. The summed E-state index contributed by atoms with van der Waals surface area (Å²) >= 11 is 6.07. The SMILES string of the molecule is CCCN(CCC)C(C)C(=O)Nc1ccc(N)cc1Cl. The predicted molar refractivity (Wildman–Crippen MR) is 86.1 cm³/mol. The van der Waals surface area contributed by atoms with Crippen LogP contribution >= 0.6 is 11.6 Å². The highest BCUT2D eigenvalue weighted by molar-refractivity contribution is 6.34. The van der Waals surface area contributed by atoms with Gasteiger partial charge in [0.2, 0.25) is 5.91 Å². The lowest BCUT2D eigenvalue weighted by Crippen LogP contribution is -2.42. The summed E-state index contributed by atoms with van der Waals surface area (Å²) in [5.74, 6) is -0.0430. The number of nitrogens with two attached hydrogens (primary N) is 1. The van der Waals surface area contributed by atoms with Crippen molar-refractivity contribution < 1.29 is 4.79 Å². The van der Waals surface area contributed by atoms with E-state index in [0.717, 1.165) is 25.9 Å². The quantitative estimate of drug-likeness (QED) is 0.759. The highest BCUT2D eigenvalue weighted by Gasteiger charge is 2.20. The van der Waals surface area contributed by atoms with Crippen LogP contribution in [-0.4, -0.2) is 29.9 Å². The number of hydrogen-bond acceptors (Lipinski definition) is 3. The van der Waals surface area contributed by atoms with E-state index in [2.05, 4.69) is 24.1 Å². The van der Waals surface area contributed by atoms with Crippen molar-refractivity contribution in [2.75, 3.05) is 24.1 Å². The molecule has 0 radical (unpaired) electrons. The van der Waals surface area contributed by atoms with Crippen LogP contribution in [-0.2, 0) is 4.79 Å². The minimum Gasteiger partial charge on any atom is -0.399 e. The number of carbonyl (C=O) groups is 1. The lowest BCUT2D eigenvalue weighted by Gasteiger charge is -2.27. The molecule has 3 N–H and O–H groups in total. The summed E-state index contributed by atoms with van der Waals surface area (Å²) in [5, 5.41) is 3.33. The number of nitrogen functional groups attached to an aromatic ring is 1. The van der Waals surface area contributed by atoms with Crippen LogP contribution in [0.3, 0.4) is 0 Å². The van der Waals surface area contributed by atoms with E-state index in [4.69, 9.17) is 17.3 Å². The van der Waals surface area contributed by atoms with Gasteiger partial charge in [-0.25, -0.2) is 0 Å². The lowest BCUT2D eigenvalue weighted by molar-refractivity contribution is -0.120. The number of amides is 1. The number of nitrogens with zero attached hydrogens (tertiary/aromatic N) is 1. The zero-order valence-corrected chi connectivity index (χ0v) is 13.2. The molecule has 0 aliphatic rings. The van der Waals surface area contributed by atoms with Crippen LogP contribution in [0.5, 0.6) is 0 Å². The van der Waals surface area contributed by atoms with Crippen molar-refractivity contribution in [3.63, 3.8) is 0 Å². The number of halogens is 1. The highest BCUT2D eigenvalue weighted by atomic mass is 35.5. The van der Waals surface area contributed by atoms with Gasteiger partial charge in [-0.05, 0) is 51.1 Å². The molecule has 1 atom stereocenters. The Kier molecular flexibility index (Phi) is 6.82. The molecule has 1 rings (SSSR count). The molecule has 0 fully saturated rings. The zero-order valence-electron chi connectivity index (χ0n) is 12.4. The average Bonchev–Trinajstić information content (AvgIpc) is 2.40. The number of anilines is 2. The van der Waals surface area contributed by atoms with Gasteiger partial charge in [0.05, 0.1) is 16.8 Å². The monoisotopic (exact) mass is 297 g/mol. The van der Waals surface area contributed by atoms with Gasteiger partial charge in [0.1, 0.15) is 0 Å². The average molecular weight is 298 g/mol. The fraction of sp³-hybridized carbons (Fsp3) is 0.533. The van der Waals surface area contributed by atoms with Crippen molar-refractivity contribution in [2.45, 2.75) is 39.7 Å². The first-order valence-electron chi connectivity index (χ1n) is 7.09. The molecule has 0 aliphatic heterocycles. The predicted octanol–water partition coefficient (Wildman–Crippen LogP) is 3.37. The van der Waals surface area contributed by atoms with Gasteiger partial charge in [0, 0.05) is 5.69 Å². The van der Waals surface area contributed by atoms with E-state index in [-0.39, 0.29) is 11.9 Å². The maximum absolute atomic E-state index is 12.3. The molecule has 0 spiro atoms. The Balaban J connectivity index is 2.73. The van der Waals surface area contributed by atoms with Gasteiger partial charge in [-0.1, -0.05) is 25.4 Å². The first kappa shape index (κ1) is 16.8. The smallest absolute Gasteiger partial charge is 0.241 e. The standard InChI is InChI=1S/C15H24ClN3O/c1-4-8-19(9-5-2)11(3)15(20)18-14-7-6-12(17)10-13(14)16/h6-7,10-11H,4-5,8-9,17H2,1-3H3,(H,18,20). The Bertz CT molecular complexity index is 445. The van der Waals surface area contributed by atoms with Gasteiger partial charge in [-0.3, -0.25) is 9.69 Å². The van der Waals surface area contributed by atoms with Crippen molar-refractivity contribution in [2.24, 2.45) is 0 Å². The second-order valence-electron chi connectivity index (χ2n) is 4.94. The fourth-order valence-corrected chi connectivity index (χ4v) is 2.35. The van der Waals surface area contributed by atoms with Gasteiger partial charge in [0.25, 0.3) is 0 Å². The van der Waals surface area contributed by atoms with Crippen LogP contribution in [0.15, 0.2) is 18.2 Å². The van der Waals surface area contributed by atoms with Crippen LogP contribution in [0.4, 0.5) is 11.4 Å². The summed E-state index contributed by atoms with van der Waals surface area (Å²) in [6.45, 7) is 7.98. The molecular formula is C15H24ClN3O. The van der Waals surface area contributed by atoms with E-state index in [9.17, 15) is 4.79 Å². The second-order valence-corrected chi connectivity index (χ2v) is 5.35. The van der Waals surface area contributed by atoms with Crippen LogP contribution in [0, 0.1) is 0 Å². The molecule has 0 saturated heterocycles. The van der Waals surface area contributed by atoms with Crippen LogP contribution in [0.1, 0.15) is 33.6 Å². The van der Waals surface area contributed by atoms with E-state index < -0.39 is 0 Å². The number of benzene rings is 1. The molecule has 20 heavy (non-hydrogen) atoms. The molecule has 1 amide bonds. The Morgan fingerprint density at radius 3 is 2.45 bits per heavy atom. The van der Waals surface area contributed by atoms with E-state index in [1.54, 1.807) is 18.2 Å². The summed E-state index contributed by atoms with van der Waals surface area (Å²) in [6, 6.07) is 4.91. The minimum atomic E-state index is -0.177. The van der Waals surface area contributed by atoms with E-state index in [1.807, 2.05) is 6.92 Å². The number of carbonyl (C=O) groups excluding carboxylic acids is 1. The van der Waals surface area contributed by atoms with Crippen molar-refractivity contribution in [1.82, 2.24) is 4.90 Å². The van der Waals surface area contributed by atoms with Crippen LogP contribution < -0.4 is 11.1 Å². The van der Waals surface area contributed by atoms with Gasteiger partial charge in [-0.2, -0.15) is 0 Å². The van der Waals surface area contributed by atoms with Crippen molar-refractivity contribution >= 4 is 28.9 Å². The topological polar surface area (TPSA) is 58.4 Å². The largest absolute Gasteiger partial charge is 0.399 e. The van der Waals surface area contributed by atoms with E-state index in [0.29, 0.717) is 16.4 Å². The normalized spacial score (nSPS) is 12.4. The fourth-order valence-electron chi connectivity index (χ4n) is 2.11. The number of hydrogen-bond donors (Lipinski definition) is 2. The molecule has 5 heteroatoms. The Morgan fingerprint density at radius 2 is 1.95 bits per heavy atom. The molecular weight excluding hydrogens is 274 g/mol. The molecule has 4 nitrogen and oxygen atoms in total. The molecule has 1 aromatic rings. The second kappa shape index (κ2) is 8.12. The molecule has 0 aromatic heterocycles. The first-order valence-corrected chi connectivity index (χ1v) is 7.47. The summed E-state index contributed by atoms with van der Waals surface area (Å²) in [5.41, 5.74) is 6.83. The summed E-state index contributed by atoms with van der Waals surface area (Å²) in [7, 11) is 0. The molecule has 0 heterocycles. The minimum absolute atomic E-state index is 0.0430. The third kappa shape index (κ3) is 4.69. The van der Waals surface area contributed by atoms with Gasteiger partial charge in [0.15, 0.2) is 0 Å². The van der Waals surface area contributed by atoms with Crippen molar-refractivity contribution in [1.29, 1.82) is 0 Å². The van der Waals surface area contributed by atoms with Gasteiger partial charge in [-0.15, -0.1) is 0 Å². The van der Waals surface area contributed by atoms with E-state index in [1.165, 1.54) is 0 Å². The molecule has 1 aromatic carbocycles. The van der Waals surface area contributed by atoms with Crippen LogP contribution in [0.25, 0.3) is 0 Å². The van der Waals surface area contributed by atoms with Gasteiger partial charge >= 0.3 is 0 Å². The Hall–Kier alpha value is -1.26. The van der Waals surface area contributed by atoms with E-state index >= 15 is 0 Å². The maximum Gasteiger partial charge on any atom is 0.241 e. The Labute approximate surface area is 126 Å². The third-order valence-electron chi connectivity index (χ3n) is 3.20. The van der Waals surface area contributed by atoms with Crippen molar-refractivity contribution in [3.05, 3.63) is 23.2 Å². The zero-order chi connectivity index (χ0) is 15.1. The highest BCUT2D eigenvalue weighted by Crippen LogP contribution is 2.24. The third-order valence-corrected chi connectivity index (χ3v) is 3.51. The number of nitrogens with one attached hydrogen (secondary N) is 1. The maximum atomic E-state index is 12.3. The molecule has 1 unspecified atom stereocenters. The van der Waals surface area contributed by atoms with Gasteiger partial charge < -0.3 is 11.1 Å². The lowest BCUT2D eigenvalue weighted by atomic mass is 10.2. The molecule has 0 bridgehead atoms. The molecule has 0 aliphatic carbocycles. The Morgan fingerprint density at radius 1 is 1.35 bits per heavy atom. The molecule has 112 valence electrons. The van der Waals surface area contributed by atoms with Crippen LogP contribution in [0.2, 0.25) is 5.02 Å². The first-order chi connectivity index (χ1) is 9.49. The molecule has 0 saturated carbocycles. The van der Waals surface area contributed by atoms with Crippen molar-refractivity contribution in [3.8, 4) is 0 Å². The number of rotatable bonds is 7.